The van der Waals surface area contributed by atoms with Gasteiger partial charge >= 0.3 is 0 Å². The summed E-state index contributed by atoms with van der Waals surface area (Å²) in [6, 6.07) is 14.9. The first kappa shape index (κ1) is 13.2. The van der Waals surface area contributed by atoms with Crippen molar-refractivity contribution in [3.8, 4) is 0 Å². The number of aryl methyl sites for hydroxylation is 1. The Labute approximate surface area is 122 Å². The van der Waals surface area contributed by atoms with Crippen LogP contribution in [0.15, 0.2) is 47.8 Å². The number of nitrogens with one attached hydrogen (secondary N) is 1. The lowest BCUT2D eigenvalue weighted by Crippen LogP contribution is -2.29. The van der Waals surface area contributed by atoms with E-state index in [2.05, 4.69) is 58.3 Å². The van der Waals surface area contributed by atoms with Crippen molar-refractivity contribution < 1.29 is 0 Å². The number of fused-ring (bicyclic) bond motifs is 1. The van der Waals surface area contributed by atoms with Crippen LogP contribution in [-0.2, 0) is 6.42 Å². The summed E-state index contributed by atoms with van der Waals surface area (Å²) in [4.78, 5) is 4.51. The lowest BCUT2D eigenvalue weighted by atomic mass is 9.99. The lowest BCUT2D eigenvalue weighted by molar-refractivity contribution is 0.547. The summed E-state index contributed by atoms with van der Waals surface area (Å²) in [6.45, 7) is 2.02. The molecule has 3 aromatic rings. The highest BCUT2D eigenvalue weighted by Crippen LogP contribution is 2.23. The van der Waals surface area contributed by atoms with Crippen molar-refractivity contribution in [3.05, 3.63) is 64.1 Å². The van der Waals surface area contributed by atoms with Gasteiger partial charge in [-0.05, 0) is 29.3 Å². The molecule has 0 aliphatic rings. The van der Waals surface area contributed by atoms with Gasteiger partial charge in [-0.15, -0.1) is 11.3 Å². The Kier molecular flexibility index (Phi) is 3.78. The van der Waals surface area contributed by atoms with Crippen LogP contribution in [0.25, 0.3) is 10.8 Å². The Morgan fingerprint density at radius 3 is 2.70 bits per heavy atom. The monoisotopic (exact) mass is 283 g/mol. The van der Waals surface area contributed by atoms with E-state index >= 15 is 0 Å². The minimum Gasteiger partial charge on any atom is -0.271 e. The third kappa shape index (κ3) is 2.72. The van der Waals surface area contributed by atoms with E-state index in [0.29, 0.717) is 0 Å². The number of nitrogens with zero attached hydrogens (tertiary/aromatic N) is 1. The second-order valence-corrected chi connectivity index (χ2v) is 5.95. The van der Waals surface area contributed by atoms with Crippen LogP contribution in [0.4, 0.5) is 0 Å². The Hall–Kier alpha value is -1.75. The highest BCUT2D eigenvalue weighted by molar-refractivity contribution is 7.09. The Morgan fingerprint density at radius 2 is 2.00 bits per heavy atom. The van der Waals surface area contributed by atoms with Gasteiger partial charge in [0, 0.05) is 11.8 Å². The molecule has 0 radical (unpaired) electrons. The van der Waals surface area contributed by atoms with Gasteiger partial charge in [-0.2, -0.15) is 0 Å². The molecular weight excluding hydrogens is 266 g/mol. The molecular formula is C16H17N3S. The number of thiazole rings is 1. The highest BCUT2D eigenvalue weighted by atomic mass is 32.1. The van der Waals surface area contributed by atoms with Crippen LogP contribution < -0.4 is 11.3 Å². The summed E-state index contributed by atoms with van der Waals surface area (Å²) in [5, 5.41) is 5.67. The summed E-state index contributed by atoms with van der Waals surface area (Å²) >= 11 is 1.67. The van der Waals surface area contributed by atoms with Gasteiger partial charge in [-0.3, -0.25) is 11.3 Å². The highest BCUT2D eigenvalue weighted by Gasteiger charge is 2.12. The minimum absolute atomic E-state index is 0.0844. The van der Waals surface area contributed by atoms with E-state index in [9.17, 15) is 0 Å². The maximum Gasteiger partial charge on any atom is 0.0897 e. The number of rotatable bonds is 4. The first-order valence-electron chi connectivity index (χ1n) is 6.62. The van der Waals surface area contributed by atoms with Gasteiger partial charge in [0.25, 0.3) is 0 Å². The van der Waals surface area contributed by atoms with Crippen molar-refractivity contribution >= 4 is 22.1 Å². The van der Waals surface area contributed by atoms with Crippen molar-refractivity contribution in [2.75, 3.05) is 0 Å². The number of hydrogen-bond donors (Lipinski definition) is 2. The van der Waals surface area contributed by atoms with Gasteiger partial charge in [0.15, 0.2) is 0 Å². The number of nitrogens with two attached hydrogens (primary N) is 1. The van der Waals surface area contributed by atoms with E-state index in [0.717, 1.165) is 17.1 Å². The maximum absolute atomic E-state index is 5.73. The van der Waals surface area contributed by atoms with E-state index in [1.165, 1.54) is 16.3 Å². The van der Waals surface area contributed by atoms with Crippen LogP contribution in [0, 0.1) is 6.92 Å². The average Bonchev–Trinajstić information content (AvgIpc) is 2.89. The second kappa shape index (κ2) is 5.71. The van der Waals surface area contributed by atoms with Gasteiger partial charge in [0.05, 0.1) is 16.7 Å². The summed E-state index contributed by atoms with van der Waals surface area (Å²) in [5.41, 5.74) is 5.18. The SMILES string of the molecule is Cc1nc(CC(NN)c2ccc3ccccc3c2)cs1. The largest absolute Gasteiger partial charge is 0.271 e. The fraction of sp³-hybridized carbons (Fsp3) is 0.188. The Bertz CT molecular complexity index is 720. The molecule has 0 saturated carbocycles. The van der Waals surface area contributed by atoms with Crippen molar-refractivity contribution in [1.29, 1.82) is 0 Å². The van der Waals surface area contributed by atoms with Crippen LogP contribution in [0.3, 0.4) is 0 Å². The first-order valence-corrected chi connectivity index (χ1v) is 7.50. The molecule has 1 unspecified atom stereocenters. The van der Waals surface area contributed by atoms with Gasteiger partial charge in [-0.1, -0.05) is 36.4 Å². The fourth-order valence-electron chi connectivity index (χ4n) is 2.41. The molecule has 1 atom stereocenters. The van der Waals surface area contributed by atoms with Crippen LogP contribution >= 0.6 is 11.3 Å². The standard InChI is InChI=1S/C16H17N3S/c1-11-18-15(10-20-11)9-16(19-17)14-7-6-12-4-2-3-5-13(12)8-14/h2-8,10,16,19H,9,17H2,1H3. The number of aromatic nitrogens is 1. The van der Waals surface area contributed by atoms with Crippen molar-refractivity contribution in [2.24, 2.45) is 5.84 Å². The van der Waals surface area contributed by atoms with E-state index < -0.39 is 0 Å². The number of hydrazine groups is 1. The van der Waals surface area contributed by atoms with Crippen LogP contribution in [0.5, 0.6) is 0 Å². The zero-order valence-corrected chi connectivity index (χ0v) is 12.2. The molecule has 20 heavy (non-hydrogen) atoms. The molecule has 3 rings (SSSR count). The second-order valence-electron chi connectivity index (χ2n) is 4.89. The predicted molar refractivity (Wildman–Crippen MR) is 84.6 cm³/mol. The van der Waals surface area contributed by atoms with Crippen LogP contribution in [-0.4, -0.2) is 4.98 Å². The molecule has 1 aromatic heterocycles. The van der Waals surface area contributed by atoms with Gasteiger partial charge in [-0.25, -0.2) is 4.98 Å². The molecule has 0 aliphatic heterocycles. The van der Waals surface area contributed by atoms with Crippen molar-refractivity contribution in [3.63, 3.8) is 0 Å². The Morgan fingerprint density at radius 1 is 1.20 bits per heavy atom. The summed E-state index contributed by atoms with van der Waals surface area (Å²) in [7, 11) is 0. The van der Waals surface area contributed by atoms with Crippen LogP contribution in [0.1, 0.15) is 22.3 Å². The summed E-state index contributed by atoms with van der Waals surface area (Å²) in [5.74, 6) is 5.73. The minimum atomic E-state index is 0.0844. The van der Waals surface area contributed by atoms with Crippen molar-refractivity contribution in [1.82, 2.24) is 10.4 Å². The normalized spacial score (nSPS) is 12.7. The summed E-state index contributed by atoms with van der Waals surface area (Å²) < 4.78 is 0. The Balaban J connectivity index is 1.90. The summed E-state index contributed by atoms with van der Waals surface area (Å²) in [6.07, 6.45) is 0.805. The predicted octanol–water partition coefficient (Wildman–Crippen LogP) is 3.35. The maximum atomic E-state index is 5.73. The number of benzene rings is 2. The third-order valence-electron chi connectivity index (χ3n) is 3.46. The molecule has 0 saturated heterocycles. The van der Waals surface area contributed by atoms with Crippen LogP contribution in [0.2, 0.25) is 0 Å². The average molecular weight is 283 g/mol. The smallest absolute Gasteiger partial charge is 0.0897 e. The molecule has 0 bridgehead atoms. The fourth-order valence-corrected chi connectivity index (χ4v) is 3.03. The number of hydrogen-bond acceptors (Lipinski definition) is 4. The molecule has 0 fully saturated rings. The molecule has 2 aromatic carbocycles. The van der Waals surface area contributed by atoms with E-state index in [1.807, 2.05) is 6.92 Å². The molecule has 0 amide bonds. The molecule has 0 aliphatic carbocycles. The molecule has 0 spiro atoms. The molecule has 1 heterocycles. The van der Waals surface area contributed by atoms with E-state index in [1.54, 1.807) is 11.3 Å². The zero-order chi connectivity index (χ0) is 13.9. The van der Waals surface area contributed by atoms with E-state index in [-0.39, 0.29) is 6.04 Å². The molecule has 3 nitrogen and oxygen atoms in total. The molecule has 3 N–H and O–H groups in total. The lowest BCUT2D eigenvalue weighted by Gasteiger charge is -2.16. The third-order valence-corrected chi connectivity index (χ3v) is 4.28. The topological polar surface area (TPSA) is 50.9 Å². The zero-order valence-electron chi connectivity index (χ0n) is 11.3. The van der Waals surface area contributed by atoms with Crippen molar-refractivity contribution in [2.45, 2.75) is 19.4 Å². The van der Waals surface area contributed by atoms with Gasteiger partial charge < -0.3 is 0 Å². The quantitative estimate of drug-likeness (QED) is 0.570. The molecule has 102 valence electrons. The van der Waals surface area contributed by atoms with Gasteiger partial charge in [0.1, 0.15) is 0 Å². The van der Waals surface area contributed by atoms with Gasteiger partial charge in [0.2, 0.25) is 0 Å². The first-order chi connectivity index (χ1) is 9.76. The molecule has 4 heteroatoms. The van der Waals surface area contributed by atoms with E-state index in [4.69, 9.17) is 5.84 Å².